The predicted octanol–water partition coefficient (Wildman–Crippen LogP) is 4.38. The van der Waals surface area contributed by atoms with Crippen molar-refractivity contribution in [3.8, 4) is 11.1 Å². The minimum atomic E-state index is -0.251. The molecule has 3 aromatic rings. The number of aromatic amines is 1. The van der Waals surface area contributed by atoms with Gasteiger partial charge < -0.3 is 4.90 Å². The first-order valence-electron chi connectivity index (χ1n) is 9.89. The van der Waals surface area contributed by atoms with Crippen LogP contribution in [0, 0.1) is 5.82 Å². The molecule has 2 aliphatic rings. The molecule has 142 valence electrons. The van der Waals surface area contributed by atoms with Crippen LogP contribution >= 0.6 is 0 Å². The Morgan fingerprint density at radius 1 is 1.04 bits per heavy atom. The number of halogens is 1. The number of benzene rings is 2. The molecule has 1 N–H and O–H groups in total. The van der Waals surface area contributed by atoms with Crippen LogP contribution in [0.25, 0.3) is 11.1 Å². The summed E-state index contributed by atoms with van der Waals surface area (Å²) in [5.74, 6) is -0.168. The lowest BCUT2D eigenvalue weighted by molar-refractivity contribution is 0.0643. The maximum Gasteiger partial charge on any atom is 0.254 e. The van der Waals surface area contributed by atoms with E-state index in [1.54, 1.807) is 12.1 Å². The van der Waals surface area contributed by atoms with Crippen molar-refractivity contribution in [2.75, 3.05) is 0 Å². The molecule has 2 aliphatic carbocycles. The molecule has 4 nitrogen and oxygen atoms in total. The standard InChI is InChI=1S/C23H22FN3O/c24-21-4-2-1-3-20(21)15-5-7-16(8-6-15)23(28)27(18-9-10-18)19-11-12-22-17(13-19)14-25-26-22/h1-8,14,18-19H,9-13H2,(H,25,26). The number of amides is 1. The third-order valence-corrected chi connectivity index (χ3v) is 5.88. The van der Waals surface area contributed by atoms with Crippen molar-refractivity contribution < 1.29 is 9.18 Å². The van der Waals surface area contributed by atoms with Gasteiger partial charge in [-0.2, -0.15) is 5.10 Å². The zero-order valence-corrected chi connectivity index (χ0v) is 15.6. The first-order valence-corrected chi connectivity index (χ1v) is 9.89. The number of carbonyl (C=O) groups excluding carboxylic acids is 1. The van der Waals surface area contributed by atoms with Crippen LogP contribution < -0.4 is 0 Å². The van der Waals surface area contributed by atoms with Crippen molar-refractivity contribution in [2.45, 2.75) is 44.2 Å². The number of hydrogen-bond acceptors (Lipinski definition) is 2. The molecular formula is C23H22FN3O. The summed E-state index contributed by atoms with van der Waals surface area (Å²) in [6.07, 6.45) is 6.80. The van der Waals surface area contributed by atoms with Gasteiger partial charge in [0.2, 0.25) is 0 Å². The molecule has 0 spiro atoms. The molecule has 5 rings (SSSR count). The number of aromatic nitrogens is 2. The monoisotopic (exact) mass is 375 g/mol. The van der Waals surface area contributed by atoms with Crippen LogP contribution in [0.15, 0.2) is 54.7 Å². The van der Waals surface area contributed by atoms with Crippen molar-refractivity contribution in [3.05, 3.63) is 77.4 Å². The normalized spacial score (nSPS) is 18.5. The highest BCUT2D eigenvalue weighted by Gasteiger charge is 2.39. The van der Waals surface area contributed by atoms with Gasteiger partial charge in [0.25, 0.3) is 5.91 Å². The van der Waals surface area contributed by atoms with Gasteiger partial charge in [-0.3, -0.25) is 9.89 Å². The lowest BCUT2D eigenvalue weighted by atomic mass is 9.91. The average Bonchev–Trinajstić information content (AvgIpc) is 3.44. The minimum absolute atomic E-state index is 0.0829. The maximum atomic E-state index is 14.0. The van der Waals surface area contributed by atoms with Gasteiger partial charge >= 0.3 is 0 Å². The highest BCUT2D eigenvalue weighted by molar-refractivity contribution is 5.95. The van der Waals surface area contributed by atoms with E-state index in [1.807, 2.05) is 36.5 Å². The number of rotatable bonds is 4. The van der Waals surface area contributed by atoms with Crippen molar-refractivity contribution in [2.24, 2.45) is 0 Å². The molecule has 1 aromatic heterocycles. The Bertz CT molecular complexity index is 1010. The van der Waals surface area contributed by atoms with E-state index in [1.165, 1.54) is 17.3 Å². The van der Waals surface area contributed by atoms with Gasteiger partial charge in [0.05, 0.1) is 6.20 Å². The molecule has 1 saturated carbocycles. The van der Waals surface area contributed by atoms with Gasteiger partial charge in [-0.05, 0) is 61.4 Å². The van der Waals surface area contributed by atoms with Crippen molar-refractivity contribution in [1.82, 2.24) is 15.1 Å². The topological polar surface area (TPSA) is 49.0 Å². The van der Waals surface area contributed by atoms with Crippen LogP contribution in [-0.4, -0.2) is 33.1 Å². The molecule has 1 fully saturated rings. The number of nitrogens with one attached hydrogen (secondary N) is 1. The van der Waals surface area contributed by atoms with Crippen LogP contribution in [0.2, 0.25) is 0 Å². The van der Waals surface area contributed by atoms with E-state index in [-0.39, 0.29) is 17.8 Å². The summed E-state index contributed by atoms with van der Waals surface area (Å²) >= 11 is 0. The summed E-state index contributed by atoms with van der Waals surface area (Å²) in [5, 5.41) is 7.21. The zero-order valence-electron chi connectivity index (χ0n) is 15.6. The number of hydrogen-bond donors (Lipinski definition) is 1. The predicted molar refractivity (Wildman–Crippen MR) is 105 cm³/mol. The lowest BCUT2D eigenvalue weighted by Gasteiger charge is -2.34. The Labute approximate surface area is 163 Å². The average molecular weight is 375 g/mol. The van der Waals surface area contributed by atoms with E-state index in [4.69, 9.17) is 0 Å². The van der Waals surface area contributed by atoms with Crippen molar-refractivity contribution in [3.63, 3.8) is 0 Å². The second-order valence-electron chi connectivity index (χ2n) is 7.77. The SMILES string of the molecule is O=C(c1ccc(-c2ccccc2F)cc1)N(C1CC1)C1CCc2[nH]ncc2C1. The van der Waals surface area contributed by atoms with Gasteiger partial charge in [0.1, 0.15) is 5.82 Å². The number of carbonyl (C=O) groups is 1. The maximum absolute atomic E-state index is 14.0. The molecule has 1 unspecified atom stereocenters. The summed E-state index contributed by atoms with van der Waals surface area (Å²) < 4.78 is 14.0. The van der Waals surface area contributed by atoms with Crippen molar-refractivity contribution in [1.29, 1.82) is 0 Å². The van der Waals surface area contributed by atoms with Crippen LogP contribution in [0.1, 0.15) is 40.9 Å². The van der Waals surface area contributed by atoms with Gasteiger partial charge in [-0.15, -0.1) is 0 Å². The Balaban J connectivity index is 1.39. The van der Waals surface area contributed by atoms with Gasteiger partial charge in [0.15, 0.2) is 0 Å². The third-order valence-electron chi connectivity index (χ3n) is 5.88. The Kier molecular flexibility index (Phi) is 4.23. The Morgan fingerprint density at radius 3 is 2.57 bits per heavy atom. The van der Waals surface area contributed by atoms with E-state index in [0.717, 1.165) is 37.7 Å². The zero-order chi connectivity index (χ0) is 19.1. The fourth-order valence-corrected chi connectivity index (χ4v) is 4.25. The molecule has 1 atom stereocenters. The van der Waals surface area contributed by atoms with E-state index >= 15 is 0 Å². The van der Waals surface area contributed by atoms with E-state index < -0.39 is 0 Å². The largest absolute Gasteiger partial charge is 0.332 e. The smallest absolute Gasteiger partial charge is 0.254 e. The fraction of sp³-hybridized carbons (Fsp3) is 0.304. The van der Waals surface area contributed by atoms with Gasteiger partial charge in [-0.1, -0.05) is 30.3 Å². The molecule has 0 saturated heterocycles. The van der Waals surface area contributed by atoms with E-state index in [0.29, 0.717) is 17.2 Å². The van der Waals surface area contributed by atoms with Crippen LogP contribution in [0.4, 0.5) is 4.39 Å². The van der Waals surface area contributed by atoms with Gasteiger partial charge in [-0.25, -0.2) is 4.39 Å². The Morgan fingerprint density at radius 2 is 1.82 bits per heavy atom. The second-order valence-corrected chi connectivity index (χ2v) is 7.77. The Hall–Kier alpha value is -2.95. The third kappa shape index (κ3) is 3.11. The molecule has 0 aliphatic heterocycles. The molecular weight excluding hydrogens is 353 g/mol. The van der Waals surface area contributed by atoms with E-state index in [2.05, 4.69) is 15.1 Å². The number of fused-ring (bicyclic) bond motifs is 1. The molecule has 0 radical (unpaired) electrons. The highest BCUT2D eigenvalue weighted by Crippen LogP contribution is 2.35. The molecule has 28 heavy (non-hydrogen) atoms. The van der Waals surface area contributed by atoms with Gasteiger partial charge in [0, 0.05) is 28.9 Å². The summed E-state index contributed by atoms with van der Waals surface area (Å²) in [6, 6.07) is 14.6. The molecule has 0 bridgehead atoms. The summed E-state index contributed by atoms with van der Waals surface area (Å²) in [6.45, 7) is 0. The minimum Gasteiger partial charge on any atom is -0.332 e. The summed E-state index contributed by atoms with van der Waals surface area (Å²) in [4.78, 5) is 15.4. The molecule has 2 aromatic carbocycles. The number of H-pyrrole nitrogens is 1. The molecule has 1 heterocycles. The second kappa shape index (κ2) is 6.89. The van der Waals surface area contributed by atoms with E-state index in [9.17, 15) is 9.18 Å². The molecule has 5 heteroatoms. The van der Waals surface area contributed by atoms with Crippen molar-refractivity contribution >= 4 is 5.91 Å². The summed E-state index contributed by atoms with van der Waals surface area (Å²) in [7, 11) is 0. The fourth-order valence-electron chi connectivity index (χ4n) is 4.25. The highest BCUT2D eigenvalue weighted by atomic mass is 19.1. The quantitative estimate of drug-likeness (QED) is 0.736. The lowest BCUT2D eigenvalue weighted by Crippen LogP contribution is -2.44. The number of aryl methyl sites for hydroxylation is 1. The molecule has 1 amide bonds. The first-order chi connectivity index (χ1) is 13.7. The van der Waals surface area contributed by atoms with Crippen LogP contribution in [0.5, 0.6) is 0 Å². The van der Waals surface area contributed by atoms with Crippen LogP contribution in [0.3, 0.4) is 0 Å². The van der Waals surface area contributed by atoms with Crippen LogP contribution in [-0.2, 0) is 12.8 Å². The summed E-state index contributed by atoms with van der Waals surface area (Å²) in [5.41, 5.74) is 4.44. The first kappa shape index (κ1) is 17.2. The number of nitrogens with zero attached hydrogens (tertiary/aromatic N) is 2.